The van der Waals surface area contributed by atoms with Crippen LogP contribution < -0.4 is 0 Å². The van der Waals surface area contributed by atoms with E-state index in [1.165, 1.54) is 24.3 Å². The second kappa shape index (κ2) is 4.80. The molecule has 0 spiro atoms. The highest BCUT2D eigenvalue weighted by Crippen LogP contribution is 2.18. The average Bonchev–Trinajstić information content (AvgIpc) is 2.17. The monoisotopic (exact) mass is 209 g/mol. The lowest BCUT2D eigenvalue weighted by molar-refractivity contribution is -0.462. The molecule has 1 aromatic rings. The number of benzene rings is 1. The zero-order valence-corrected chi connectivity index (χ0v) is 7.57. The number of nitro benzene ring substituents is 1. The third kappa shape index (κ3) is 3.51. The van der Waals surface area contributed by atoms with Crippen molar-refractivity contribution in [2.24, 2.45) is 4.99 Å². The van der Waals surface area contributed by atoms with Gasteiger partial charge in [0.15, 0.2) is 0 Å². The van der Waals surface area contributed by atoms with Gasteiger partial charge in [0.05, 0.1) is 16.8 Å². The van der Waals surface area contributed by atoms with E-state index in [0.717, 1.165) is 6.21 Å². The predicted molar refractivity (Wildman–Crippen MR) is 53.1 cm³/mol. The van der Waals surface area contributed by atoms with Crippen LogP contribution in [-0.2, 0) is 0 Å². The van der Waals surface area contributed by atoms with Gasteiger partial charge in [-0.25, -0.2) is 0 Å². The summed E-state index contributed by atoms with van der Waals surface area (Å²) in [6, 6.07) is 5.57. The molecular weight excluding hydrogens is 202 g/mol. The first kappa shape index (κ1) is 10.8. The standard InChI is InChI=1S/C8H7N3O4/c12-10(13)5-4-9-7-2-1-3-8(6-7)11(14)15/h1-4,6H,5H2. The Morgan fingerprint density at radius 2 is 2.07 bits per heavy atom. The first-order valence-electron chi connectivity index (χ1n) is 3.98. The molecule has 0 fully saturated rings. The Balaban J connectivity index is 2.78. The fraction of sp³-hybridized carbons (Fsp3) is 0.125. The lowest BCUT2D eigenvalue weighted by Gasteiger charge is -1.92. The maximum atomic E-state index is 10.4. The number of nitro groups is 2. The minimum Gasteiger partial charge on any atom is -0.264 e. The Labute approximate surface area is 84.4 Å². The van der Waals surface area contributed by atoms with Crippen molar-refractivity contribution in [1.29, 1.82) is 0 Å². The summed E-state index contributed by atoms with van der Waals surface area (Å²) in [6.07, 6.45) is 1.10. The van der Waals surface area contributed by atoms with Crippen LogP contribution in [0.3, 0.4) is 0 Å². The smallest absolute Gasteiger partial charge is 0.264 e. The Hall–Kier alpha value is -2.31. The summed E-state index contributed by atoms with van der Waals surface area (Å²) >= 11 is 0. The van der Waals surface area contributed by atoms with Crippen molar-refractivity contribution in [1.82, 2.24) is 0 Å². The highest BCUT2D eigenvalue weighted by Gasteiger charge is 2.04. The molecule has 1 rings (SSSR count). The molecule has 7 nitrogen and oxygen atoms in total. The van der Waals surface area contributed by atoms with Gasteiger partial charge in [0.2, 0.25) is 6.54 Å². The third-order valence-corrected chi connectivity index (χ3v) is 1.51. The van der Waals surface area contributed by atoms with Crippen molar-refractivity contribution >= 4 is 17.6 Å². The van der Waals surface area contributed by atoms with Gasteiger partial charge < -0.3 is 0 Å². The Morgan fingerprint density at radius 3 is 2.67 bits per heavy atom. The fourth-order valence-electron chi connectivity index (χ4n) is 0.900. The van der Waals surface area contributed by atoms with Crippen molar-refractivity contribution in [2.75, 3.05) is 6.54 Å². The van der Waals surface area contributed by atoms with E-state index in [0.29, 0.717) is 5.69 Å². The van der Waals surface area contributed by atoms with Crippen molar-refractivity contribution in [2.45, 2.75) is 0 Å². The van der Waals surface area contributed by atoms with E-state index in [1.807, 2.05) is 0 Å². The summed E-state index contributed by atoms with van der Waals surface area (Å²) < 4.78 is 0. The number of aliphatic imine (C=N–C) groups is 1. The third-order valence-electron chi connectivity index (χ3n) is 1.51. The predicted octanol–water partition coefficient (Wildman–Crippen LogP) is 1.57. The fourth-order valence-corrected chi connectivity index (χ4v) is 0.900. The SMILES string of the molecule is O=[N+]([O-])CC=Nc1cccc([N+](=O)[O-])c1. The van der Waals surface area contributed by atoms with Crippen molar-refractivity contribution in [3.05, 3.63) is 44.5 Å². The molecule has 0 aromatic heterocycles. The van der Waals surface area contributed by atoms with Gasteiger partial charge in [-0.15, -0.1) is 0 Å². The summed E-state index contributed by atoms with van der Waals surface area (Å²) in [6.45, 7) is -0.400. The number of hydrogen-bond acceptors (Lipinski definition) is 5. The van der Waals surface area contributed by atoms with E-state index < -0.39 is 16.4 Å². The second-order valence-corrected chi connectivity index (χ2v) is 2.60. The van der Waals surface area contributed by atoms with Crippen LogP contribution >= 0.6 is 0 Å². The van der Waals surface area contributed by atoms with Gasteiger partial charge in [-0.3, -0.25) is 25.2 Å². The minimum atomic E-state index is -0.549. The summed E-state index contributed by atoms with van der Waals surface area (Å²) in [4.78, 5) is 23.0. The van der Waals surface area contributed by atoms with Crippen molar-refractivity contribution in [3.63, 3.8) is 0 Å². The Kier molecular flexibility index (Phi) is 3.44. The van der Waals surface area contributed by atoms with Crippen LogP contribution in [0.2, 0.25) is 0 Å². The molecule has 0 aliphatic heterocycles. The van der Waals surface area contributed by atoms with Crippen LogP contribution in [0.5, 0.6) is 0 Å². The maximum Gasteiger partial charge on any atom is 0.271 e. The lowest BCUT2D eigenvalue weighted by atomic mass is 10.3. The number of hydrogen-bond donors (Lipinski definition) is 0. The quantitative estimate of drug-likeness (QED) is 0.426. The summed E-state index contributed by atoms with van der Waals surface area (Å²) in [7, 11) is 0. The normalized spacial score (nSPS) is 10.4. The highest BCUT2D eigenvalue weighted by molar-refractivity contribution is 5.64. The zero-order chi connectivity index (χ0) is 11.3. The topological polar surface area (TPSA) is 98.6 Å². The van der Waals surface area contributed by atoms with Crippen molar-refractivity contribution < 1.29 is 9.85 Å². The molecule has 0 saturated carbocycles. The van der Waals surface area contributed by atoms with Gasteiger partial charge in [0.25, 0.3) is 5.69 Å². The lowest BCUT2D eigenvalue weighted by Crippen LogP contribution is -2.00. The highest BCUT2D eigenvalue weighted by atomic mass is 16.6. The largest absolute Gasteiger partial charge is 0.271 e. The van der Waals surface area contributed by atoms with Crippen LogP contribution in [0.15, 0.2) is 29.3 Å². The minimum absolute atomic E-state index is 0.0919. The van der Waals surface area contributed by atoms with Crippen molar-refractivity contribution in [3.8, 4) is 0 Å². The van der Waals surface area contributed by atoms with E-state index in [-0.39, 0.29) is 5.69 Å². The van der Waals surface area contributed by atoms with Crippen LogP contribution in [0, 0.1) is 20.2 Å². The summed E-state index contributed by atoms with van der Waals surface area (Å²) in [5.74, 6) is 0. The van der Waals surface area contributed by atoms with Gasteiger partial charge >= 0.3 is 0 Å². The van der Waals surface area contributed by atoms with Crippen LogP contribution in [-0.4, -0.2) is 22.6 Å². The molecule has 0 atom stereocenters. The van der Waals surface area contributed by atoms with Gasteiger partial charge in [0, 0.05) is 17.1 Å². The van der Waals surface area contributed by atoms with E-state index in [9.17, 15) is 20.2 Å². The molecule has 0 saturated heterocycles. The summed E-state index contributed by atoms with van der Waals surface area (Å²) in [5.41, 5.74) is 0.233. The van der Waals surface area contributed by atoms with Crippen LogP contribution in [0.4, 0.5) is 11.4 Å². The van der Waals surface area contributed by atoms with Gasteiger partial charge in [0.1, 0.15) is 0 Å². The zero-order valence-electron chi connectivity index (χ0n) is 7.57. The number of non-ortho nitro benzene ring substituents is 1. The molecule has 0 aliphatic rings. The molecule has 78 valence electrons. The second-order valence-electron chi connectivity index (χ2n) is 2.60. The molecule has 15 heavy (non-hydrogen) atoms. The molecule has 0 aliphatic carbocycles. The van der Waals surface area contributed by atoms with E-state index >= 15 is 0 Å². The number of nitrogens with zero attached hydrogens (tertiary/aromatic N) is 3. The molecule has 1 aromatic carbocycles. The van der Waals surface area contributed by atoms with E-state index in [2.05, 4.69) is 4.99 Å². The van der Waals surface area contributed by atoms with Gasteiger partial charge in [-0.05, 0) is 6.07 Å². The number of rotatable bonds is 4. The molecule has 0 amide bonds. The van der Waals surface area contributed by atoms with Crippen LogP contribution in [0.1, 0.15) is 0 Å². The average molecular weight is 209 g/mol. The van der Waals surface area contributed by atoms with E-state index in [4.69, 9.17) is 0 Å². The van der Waals surface area contributed by atoms with E-state index in [1.54, 1.807) is 0 Å². The molecule has 0 heterocycles. The molecule has 7 heteroatoms. The molecule has 0 bridgehead atoms. The Bertz CT molecular complexity index is 416. The first-order valence-corrected chi connectivity index (χ1v) is 3.98. The molecule has 0 N–H and O–H groups in total. The van der Waals surface area contributed by atoms with Crippen LogP contribution in [0.25, 0.3) is 0 Å². The molecule has 0 radical (unpaired) electrons. The molecular formula is C8H7N3O4. The van der Waals surface area contributed by atoms with Gasteiger partial charge in [-0.2, -0.15) is 0 Å². The van der Waals surface area contributed by atoms with Gasteiger partial charge in [-0.1, -0.05) is 6.07 Å². The summed E-state index contributed by atoms with van der Waals surface area (Å²) in [5, 5.41) is 20.4. The maximum absolute atomic E-state index is 10.4. The molecule has 0 unspecified atom stereocenters. The Morgan fingerprint density at radius 1 is 1.33 bits per heavy atom. The first-order chi connectivity index (χ1) is 7.09.